The fourth-order valence-electron chi connectivity index (χ4n) is 8.88. The smallest absolute Gasteiger partial charge is 0.157 e. The predicted octanol–water partition coefficient (Wildman–Crippen LogP) is 4.08. The average Bonchev–Trinajstić information content (AvgIpc) is 3.00. The Morgan fingerprint density at radius 2 is 1.79 bits per heavy atom. The fraction of sp³-hybridized carbons (Fsp3) is 0.833. The number of hydrogen-bond acceptors (Lipinski definition) is 3. The molecule has 9 atom stereocenters. The zero-order valence-corrected chi connectivity index (χ0v) is 17.1. The largest absolute Gasteiger partial charge is 0.390 e. The summed E-state index contributed by atoms with van der Waals surface area (Å²) in [5.41, 5.74) is -0.0677. The monoisotopic (exact) mass is 382 g/mol. The third kappa shape index (κ3) is 2.39. The highest BCUT2D eigenvalue weighted by atomic mass is 16.3. The minimum Gasteiger partial charge on any atom is -0.390 e. The van der Waals surface area contributed by atoms with Gasteiger partial charge in [-0.3, -0.25) is 9.48 Å². The Morgan fingerprint density at radius 3 is 2.54 bits per heavy atom. The van der Waals surface area contributed by atoms with Gasteiger partial charge in [0.05, 0.1) is 12.1 Å². The van der Waals surface area contributed by atoms with Crippen LogP contribution in [-0.2, 0) is 11.3 Å². The van der Waals surface area contributed by atoms with Crippen molar-refractivity contribution in [1.29, 1.82) is 0 Å². The fourth-order valence-corrected chi connectivity index (χ4v) is 8.88. The van der Waals surface area contributed by atoms with Gasteiger partial charge in [0.25, 0.3) is 0 Å². The van der Waals surface area contributed by atoms with Crippen LogP contribution in [0.15, 0.2) is 18.5 Å². The van der Waals surface area contributed by atoms with Crippen molar-refractivity contribution in [3.8, 4) is 0 Å². The number of nitrogens with zero attached hydrogens (tertiary/aromatic N) is 2. The van der Waals surface area contributed by atoms with Crippen molar-refractivity contribution in [2.75, 3.05) is 0 Å². The summed E-state index contributed by atoms with van der Waals surface area (Å²) >= 11 is 0. The van der Waals surface area contributed by atoms with Crippen LogP contribution in [0.1, 0.15) is 64.7 Å². The quantitative estimate of drug-likeness (QED) is 0.857. The van der Waals surface area contributed by atoms with Crippen LogP contribution in [0.3, 0.4) is 0 Å². The van der Waals surface area contributed by atoms with E-state index in [0.717, 1.165) is 48.9 Å². The van der Waals surface area contributed by atoms with E-state index in [1.54, 1.807) is 10.9 Å². The second-order valence-electron chi connectivity index (χ2n) is 11.1. The van der Waals surface area contributed by atoms with Gasteiger partial charge in [-0.05, 0) is 105 Å². The molecule has 4 nitrogen and oxygen atoms in total. The van der Waals surface area contributed by atoms with Crippen LogP contribution >= 0.6 is 0 Å². The molecule has 1 aromatic heterocycles. The van der Waals surface area contributed by atoms with E-state index in [4.69, 9.17) is 0 Å². The summed E-state index contributed by atoms with van der Waals surface area (Å²) in [5, 5.41) is 14.9. The summed E-state index contributed by atoms with van der Waals surface area (Å²) in [5.74, 6) is 5.32. The maximum Gasteiger partial charge on any atom is 0.157 e. The van der Waals surface area contributed by atoms with Gasteiger partial charge >= 0.3 is 0 Å². The molecule has 1 heterocycles. The maximum absolute atomic E-state index is 13.2. The number of aliphatic hydroxyl groups is 1. The first-order valence-electron chi connectivity index (χ1n) is 11.7. The van der Waals surface area contributed by atoms with Crippen molar-refractivity contribution in [2.24, 2.45) is 46.8 Å². The van der Waals surface area contributed by atoms with Gasteiger partial charge < -0.3 is 5.11 Å². The molecule has 1 N–H and O–H groups in total. The first-order chi connectivity index (χ1) is 13.5. The van der Waals surface area contributed by atoms with Crippen molar-refractivity contribution in [2.45, 2.75) is 76.9 Å². The van der Waals surface area contributed by atoms with E-state index in [0.29, 0.717) is 18.2 Å². The van der Waals surface area contributed by atoms with Gasteiger partial charge in [0.2, 0.25) is 0 Å². The van der Waals surface area contributed by atoms with Gasteiger partial charge in [-0.25, -0.2) is 0 Å². The molecule has 0 aromatic carbocycles. The summed E-state index contributed by atoms with van der Waals surface area (Å²) in [6.45, 7) is 2.89. The summed E-state index contributed by atoms with van der Waals surface area (Å²) in [6.07, 6.45) is 14.6. The number of ketones is 1. The zero-order chi connectivity index (χ0) is 19.1. The number of fused-ring (bicyclic) bond motifs is 7. The van der Waals surface area contributed by atoms with Gasteiger partial charge in [0.15, 0.2) is 5.78 Å². The molecule has 0 radical (unpaired) electrons. The molecule has 5 aliphatic rings. The molecule has 0 spiro atoms. The molecule has 152 valence electrons. The Balaban J connectivity index is 1.21. The summed E-state index contributed by atoms with van der Waals surface area (Å²) in [4.78, 5) is 13.2. The highest BCUT2D eigenvalue weighted by molar-refractivity contribution is 5.82. The summed E-state index contributed by atoms with van der Waals surface area (Å²) < 4.78 is 1.80. The minimum absolute atomic E-state index is 0.202. The topological polar surface area (TPSA) is 55.1 Å². The van der Waals surface area contributed by atoms with Crippen LogP contribution in [-0.4, -0.2) is 26.3 Å². The number of Topliss-reactive ketones (excluding diaryl/α,β-unsaturated/α-hetero) is 1. The lowest BCUT2D eigenvalue weighted by Crippen LogP contribution is -2.50. The van der Waals surface area contributed by atoms with Gasteiger partial charge in [-0.15, -0.1) is 0 Å². The van der Waals surface area contributed by atoms with Crippen molar-refractivity contribution in [1.82, 2.24) is 9.78 Å². The van der Waals surface area contributed by atoms with E-state index in [-0.39, 0.29) is 16.9 Å². The van der Waals surface area contributed by atoms with Crippen LogP contribution in [0.2, 0.25) is 0 Å². The van der Waals surface area contributed by atoms with Crippen LogP contribution in [0, 0.1) is 46.8 Å². The number of rotatable bonds is 3. The average molecular weight is 383 g/mol. The van der Waals surface area contributed by atoms with Crippen molar-refractivity contribution >= 4 is 5.78 Å². The highest BCUT2D eigenvalue weighted by Gasteiger charge is 2.65. The molecule has 0 bridgehead atoms. The lowest BCUT2D eigenvalue weighted by atomic mass is 9.49. The van der Waals surface area contributed by atoms with E-state index in [2.05, 4.69) is 12.0 Å². The maximum atomic E-state index is 13.2. The lowest BCUT2D eigenvalue weighted by molar-refractivity contribution is -0.131. The van der Waals surface area contributed by atoms with E-state index < -0.39 is 0 Å². The van der Waals surface area contributed by atoms with E-state index in [1.807, 2.05) is 12.3 Å². The third-order valence-corrected chi connectivity index (χ3v) is 10.2. The Hall–Kier alpha value is -1.16. The van der Waals surface area contributed by atoms with E-state index >= 15 is 0 Å². The molecule has 9 unspecified atom stereocenters. The molecule has 6 rings (SSSR count). The second-order valence-corrected chi connectivity index (χ2v) is 11.1. The molecular formula is C24H34N2O2. The van der Waals surface area contributed by atoms with Gasteiger partial charge in [0.1, 0.15) is 0 Å². The molecule has 0 saturated heterocycles. The van der Waals surface area contributed by atoms with Crippen LogP contribution < -0.4 is 0 Å². The molecule has 28 heavy (non-hydrogen) atoms. The SMILES string of the molecule is CC12CCC3C4CCC5(O)CC5C4CCC3C1CCC2C(=O)Cn1cccn1. The van der Waals surface area contributed by atoms with Crippen molar-refractivity contribution < 1.29 is 9.90 Å². The molecule has 5 fully saturated rings. The van der Waals surface area contributed by atoms with Gasteiger partial charge in [0, 0.05) is 18.3 Å². The number of carbonyl (C=O) groups is 1. The number of carbonyl (C=O) groups excluding carboxylic acids is 1. The minimum atomic E-state index is -0.269. The Kier molecular flexibility index (Phi) is 3.75. The van der Waals surface area contributed by atoms with Crippen molar-refractivity contribution in [3.05, 3.63) is 18.5 Å². The Bertz CT molecular complexity index is 776. The van der Waals surface area contributed by atoms with Crippen LogP contribution in [0.4, 0.5) is 0 Å². The summed E-state index contributed by atoms with van der Waals surface area (Å²) in [6, 6.07) is 1.90. The standard InChI is InChI=1S/C24H34N2O2/c1-23-9-7-15-16-8-10-24(28)13-21(24)18(16)4-3-17(15)19(23)5-6-20(23)22(27)14-26-12-2-11-25-26/h2,11-12,15-21,28H,3-10,13-14H2,1H3. The molecular weight excluding hydrogens is 348 g/mol. The molecule has 0 aliphatic heterocycles. The van der Waals surface area contributed by atoms with Gasteiger partial charge in [-0.2, -0.15) is 5.10 Å². The van der Waals surface area contributed by atoms with Crippen LogP contribution in [0.25, 0.3) is 0 Å². The Morgan fingerprint density at radius 1 is 1.04 bits per heavy atom. The normalized spacial score (nSPS) is 51.6. The third-order valence-electron chi connectivity index (χ3n) is 10.2. The Labute approximate surface area is 168 Å². The second kappa shape index (κ2) is 5.93. The predicted molar refractivity (Wildman–Crippen MR) is 106 cm³/mol. The van der Waals surface area contributed by atoms with E-state index in [9.17, 15) is 9.90 Å². The van der Waals surface area contributed by atoms with Crippen LogP contribution in [0.5, 0.6) is 0 Å². The first-order valence-corrected chi connectivity index (χ1v) is 11.7. The molecule has 0 amide bonds. The zero-order valence-electron chi connectivity index (χ0n) is 17.1. The van der Waals surface area contributed by atoms with Gasteiger partial charge in [-0.1, -0.05) is 6.92 Å². The number of hydrogen-bond donors (Lipinski definition) is 1. The molecule has 5 saturated carbocycles. The molecule has 1 aromatic rings. The highest BCUT2D eigenvalue weighted by Crippen LogP contribution is 2.68. The number of aromatic nitrogens is 2. The first kappa shape index (κ1) is 17.7. The molecule has 4 heteroatoms. The lowest BCUT2D eigenvalue weighted by Gasteiger charge is -2.56. The van der Waals surface area contributed by atoms with E-state index in [1.165, 1.54) is 38.5 Å². The molecule has 5 aliphatic carbocycles. The summed E-state index contributed by atoms with van der Waals surface area (Å²) in [7, 11) is 0. The van der Waals surface area contributed by atoms with Crippen molar-refractivity contribution in [3.63, 3.8) is 0 Å².